The average Bonchev–Trinajstić information content (AvgIpc) is 3.14. The Morgan fingerprint density at radius 3 is 2.81 bits per heavy atom. The first kappa shape index (κ1) is 21.8. The molecule has 2 rings (SSSR count). The van der Waals surface area contributed by atoms with E-state index in [0.29, 0.717) is 11.1 Å². The number of hydrogen-bond donors (Lipinski definition) is 3. The summed E-state index contributed by atoms with van der Waals surface area (Å²) in [4.78, 5) is 11.5. The van der Waals surface area contributed by atoms with Crippen molar-refractivity contribution in [2.45, 2.75) is 52.5 Å². The van der Waals surface area contributed by atoms with Crippen LogP contribution in [0.4, 0.5) is 5.82 Å². The van der Waals surface area contributed by atoms with Gasteiger partial charge in [0.1, 0.15) is 5.82 Å². The van der Waals surface area contributed by atoms with Crippen LogP contribution in [-0.4, -0.2) is 54.9 Å². The number of guanidine groups is 1. The molecule has 1 aliphatic heterocycles. The van der Waals surface area contributed by atoms with E-state index in [9.17, 15) is 5.11 Å². The number of aliphatic imine (C=N–C) groups is 1. The van der Waals surface area contributed by atoms with Crippen LogP contribution >= 0.6 is 11.6 Å². The molecule has 0 aliphatic carbocycles. The minimum Gasteiger partial charge on any atom is -0.396 e. The van der Waals surface area contributed by atoms with E-state index in [-0.39, 0.29) is 12.0 Å². The molecule has 7 heteroatoms. The van der Waals surface area contributed by atoms with Crippen molar-refractivity contribution in [2.24, 2.45) is 10.4 Å². The normalized spacial score (nSPS) is 18.0. The fourth-order valence-electron chi connectivity index (χ4n) is 3.58. The lowest BCUT2D eigenvalue weighted by Gasteiger charge is -2.30. The Balaban J connectivity index is 2.00. The number of nitrogens with one attached hydrogen (secondary N) is 2. The molecule has 27 heavy (non-hydrogen) atoms. The molecule has 0 bridgehead atoms. The molecule has 0 radical (unpaired) electrons. The first-order valence-electron chi connectivity index (χ1n) is 10.1. The Bertz CT molecular complexity index is 606. The van der Waals surface area contributed by atoms with E-state index in [1.807, 2.05) is 12.1 Å². The lowest BCUT2D eigenvalue weighted by atomic mass is 9.79. The fourth-order valence-corrected chi connectivity index (χ4v) is 3.83. The average molecular weight is 396 g/mol. The Morgan fingerprint density at radius 1 is 1.41 bits per heavy atom. The topological polar surface area (TPSA) is 72.8 Å². The highest BCUT2D eigenvalue weighted by molar-refractivity contribution is 6.32. The van der Waals surface area contributed by atoms with E-state index < -0.39 is 0 Å². The summed E-state index contributed by atoms with van der Waals surface area (Å²) in [7, 11) is 0. The van der Waals surface area contributed by atoms with Crippen LogP contribution in [0.2, 0.25) is 5.02 Å². The van der Waals surface area contributed by atoms with Crippen molar-refractivity contribution in [1.82, 2.24) is 15.6 Å². The molecule has 0 amide bonds. The molecule has 1 atom stereocenters. The Kier molecular flexibility index (Phi) is 8.64. The van der Waals surface area contributed by atoms with Crippen molar-refractivity contribution < 1.29 is 5.11 Å². The molecule has 152 valence electrons. The van der Waals surface area contributed by atoms with Crippen LogP contribution in [-0.2, 0) is 0 Å². The van der Waals surface area contributed by atoms with Crippen LogP contribution in [0.15, 0.2) is 23.3 Å². The summed E-state index contributed by atoms with van der Waals surface area (Å²) >= 11 is 6.29. The molecule has 1 unspecified atom stereocenters. The van der Waals surface area contributed by atoms with E-state index in [1.165, 1.54) is 0 Å². The van der Waals surface area contributed by atoms with Crippen molar-refractivity contribution in [2.75, 3.05) is 37.7 Å². The molecule has 6 nitrogen and oxygen atoms in total. The predicted octanol–water partition coefficient (Wildman–Crippen LogP) is 3.06. The molecule has 3 N–H and O–H groups in total. The second kappa shape index (κ2) is 10.7. The minimum absolute atomic E-state index is 0.0697. The number of aliphatic hydroxyl groups excluding tert-OH is 1. The van der Waals surface area contributed by atoms with E-state index in [4.69, 9.17) is 16.6 Å². The van der Waals surface area contributed by atoms with Gasteiger partial charge >= 0.3 is 0 Å². The third-order valence-corrected chi connectivity index (χ3v) is 5.92. The highest BCUT2D eigenvalue weighted by Gasteiger charge is 2.27. The number of hydrogen-bond acceptors (Lipinski definition) is 4. The molecule has 1 aromatic heterocycles. The Hall–Kier alpha value is -1.53. The fraction of sp³-hybridized carbons (Fsp3) is 0.700. The summed E-state index contributed by atoms with van der Waals surface area (Å²) in [5.74, 6) is 1.70. The van der Waals surface area contributed by atoms with Gasteiger partial charge in [-0.1, -0.05) is 25.4 Å². The first-order valence-corrected chi connectivity index (χ1v) is 10.5. The van der Waals surface area contributed by atoms with Crippen molar-refractivity contribution in [3.8, 4) is 0 Å². The van der Waals surface area contributed by atoms with Crippen molar-refractivity contribution in [3.63, 3.8) is 0 Å². The maximum atomic E-state index is 9.42. The number of anilines is 1. The number of aromatic nitrogens is 1. The quantitative estimate of drug-likeness (QED) is 0.442. The first-order chi connectivity index (χ1) is 13.1. The summed E-state index contributed by atoms with van der Waals surface area (Å²) in [5.41, 5.74) is 0.0697. The maximum Gasteiger partial charge on any atom is 0.191 e. The van der Waals surface area contributed by atoms with E-state index in [0.717, 1.165) is 63.6 Å². The van der Waals surface area contributed by atoms with E-state index >= 15 is 0 Å². The summed E-state index contributed by atoms with van der Waals surface area (Å²) in [6.45, 7) is 9.96. The van der Waals surface area contributed by atoms with Gasteiger partial charge < -0.3 is 20.6 Å². The van der Waals surface area contributed by atoms with Gasteiger partial charge in [-0.25, -0.2) is 4.98 Å². The van der Waals surface area contributed by atoms with Crippen molar-refractivity contribution in [1.29, 1.82) is 0 Å². The zero-order chi connectivity index (χ0) is 19.7. The van der Waals surface area contributed by atoms with Crippen LogP contribution in [0.3, 0.4) is 0 Å². The standard InChI is InChI=1S/C20H34ClN5O/c1-4-20(5-2,10-13-27)15-24-19(22-6-3)25-16-9-12-26(14-16)18-17(21)8-7-11-23-18/h7-8,11,16,27H,4-6,9-10,12-15H2,1-3H3,(H2,22,24,25). The highest BCUT2D eigenvalue weighted by atomic mass is 35.5. The molecular formula is C20H34ClN5O. The summed E-state index contributed by atoms with van der Waals surface area (Å²) in [6, 6.07) is 4.04. The van der Waals surface area contributed by atoms with Crippen LogP contribution < -0.4 is 15.5 Å². The largest absolute Gasteiger partial charge is 0.396 e. The minimum atomic E-state index is 0.0697. The van der Waals surface area contributed by atoms with Gasteiger partial charge in [0.05, 0.1) is 5.02 Å². The lowest BCUT2D eigenvalue weighted by molar-refractivity contribution is 0.175. The van der Waals surface area contributed by atoms with Gasteiger partial charge in [0, 0.05) is 45.0 Å². The molecule has 1 fully saturated rings. The second-order valence-corrected chi connectivity index (χ2v) is 7.67. The number of nitrogens with zero attached hydrogens (tertiary/aromatic N) is 3. The summed E-state index contributed by atoms with van der Waals surface area (Å²) in [5, 5.41) is 17.0. The van der Waals surface area contributed by atoms with Crippen molar-refractivity contribution >= 4 is 23.4 Å². The number of pyridine rings is 1. The number of halogens is 1. The highest BCUT2D eigenvalue weighted by Crippen LogP contribution is 2.30. The summed E-state index contributed by atoms with van der Waals surface area (Å²) < 4.78 is 0. The summed E-state index contributed by atoms with van der Waals surface area (Å²) in [6.07, 6.45) is 5.62. The van der Waals surface area contributed by atoms with Gasteiger partial charge in [-0.15, -0.1) is 0 Å². The van der Waals surface area contributed by atoms with Crippen LogP contribution in [0, 0.1) is 5.41 Å². The van der Waals surface area contributed by atoms with E-state index in [1.54, 1.807) is 6.20 Å². The van der Waals surface area contributed by atoms with Gasteiger partial charge in [0.25, 0.3) is 0 Å². The molecule has 1 aromatic rings. The molecular weight excluding hydrogens is 362 g/mol. The SMILES string of the molecule is CCNC(=NCC(CC)(CC)CCO)NC1CCN(c2ncccc2Cl)C1. The molecule has 0 saturated carbocycles. The van der Waals surface area contributed by atoms with Gasteiger partial charge in [-0.2, -0.15) is 0 Å². The Morgan fingerprint density at radius 2 is 2.19 bits per heavy atom. The van der Waals surface area contributed by atoms with Crippen molar-refractivity contribution in [3.05, 3.63) is 23.4 Å². The zero-order valence-corrected chi connectivity index (χ0v) is 17.6. The Labute approximate surface area is 168 Å². The van der Waals surface area contributed by atoms with Crippen LogP contribution in [0.5, 0.6) is 0 Å². The number of aliphatic hydroxyl groups is 1. The van der Waals surface area contributed by atoms with Crippen LogP contribution in [0.25, 0.3) is 0 Å². The van der Waals surface area contributed by atoms with Crippen LogP contribution in [0.1, 0.15) is 46.5 Å². The van der Waals surface area contributed by atoms with Gasteiger partial charge in [-0.3, -0.25) is 4.99 Å². The van der Waals surface area contributed by atoms with Gasteiger partial charge in [-0.05, 0) is 50.2 Å². The molecule has 0 aromatic carbocycles. The maximum absolute atomic E-state index is 9.42. The molecule has 0 spiro atoms. The predicted molar refractivity (Wildman–Crippen MR) is 114 cm³/mol. The van der Waals surface area contributed by atoms with Gasteiger partial charge in [0.2, 0.25) is 0 Å². The molecule has 1 saturated heterocycles. The number of rotatable bonds is 9. The molecule has 2 heterocycles. The molecule has 1 aliphatic rings. The monoisotopic (exact) mass is 395 g/mol. The third-order valence-electron chi connectivity index (χ3n) is 5.63. The van der Waals surface area contributed by atoms with E-state index in [2.05, 4.69) is 41.3 Å². The lowest BCUT2D eigenvalue weighted by Crippen LogP contribution is -2.45. The van der Waals surface area contributed by atoms with Gasteiger partial charge in [0.15, 0.2) is 5.96 Å². The third kappa shape index (κ3) is 5.98. The smallest absolute Gasteiger partial charge is 0.191 e. The second-order valence-electron chi connectivity index (χ2n) is 7.26. The zero-order valence-electron chi connectivity index (χ0n) is 16.8.